The zero-order valence-electron chi connectivity index (χ0n) is 12.9. The van der Waals surface area contributed by atoms with Crippen molar-refractivity contribution in [2.24, 2.45) is 5.92 Å². The monoisotopic (exact) mass is 316 g/mol. The molecule has 5 atom stereocenters. The Hall–Kier alpha value is -1.67. The number of fused-ring (bicyclic) bond motifs is 1. The third-order valence-electron chi connectivity index (χ3n) is 3.67. The Balaban J connectivity index is 2.32. The van der Waals surface area contributed by atoms with E-state index in [9.17, 15) is 19.5 Å². The van der Waals surface area contributed by atoms with Gasteiger partial charge >= 0.3 is 17.9 Å². The maximum Gasteiger partial charge on any atom is 0.310 e. The molecule has 0 aromatic carbocycles. The summed E-state index contributed by atoms with van der Waals surface area (Å²) in [6.07, 6.45) is -3.25. The van der Waals surface area contributed by atoms with E-state index in [1.54, 1.807) is 13.8 Å². The third kappa shape index (κ3) is 3.38. The van der Waals surface area contributed by atoms with Crippen LogP contribution in [-0.4, -0.2) is 53.2 Å². The Morgan fingerprint density at radius 2 is 1.59 bits per heavy atom. The van der Waals surface area contributed by atoms with Crippen LogP contribution in [0.25, 0.3) is 0 Å². The molecule has 8 nitrogen and oxygen atoms in total. The average Bonchev–Trinajstić information content (AvgIpc) is 2.66. The first-order valence-electron chi connectivity index (χ1n) is 7.03. The second kappa shape index (κ2) is 5.85. The highest BCUT2D eigenvalue weighted by Gasteiger charge is 2.58. The maximum atomic E-state index is 11.5. The predicted octanol–water partition coefficient (Wildman–Crippen LogP) is 0.474. The highest BCUT2D eigenvalue weighted by molar-refractivity contribution is 5.73. The third-order valence-corrected chi connectivity index (χ3v) is 3.67. The summed E-state index contributed by atoms with van der Waals surface area (Å²) in [6.45, 7) is 5.77. The van der Waals surface area contributed by atoms with E-state index in [1.807, 2.05) is 0 Å². The Kier molecular flexibility index (Phi) is 4.44. The van der Waals surface area contributed by atoms with Crippen molar-refractivity contribution in [2.45, 2.75) is 64.3 Å². The number of aliphatic carboxylic acids is 1. The molecule has 8 heteroatoms. The fourth-order valence-electron chi connectivity index (χ4n) is 3.02. The van der Waals surface area contributed by atoms with Gasteiger partial charge < -0.3 is 24.1 Å². The molecule has 1 saturated carbocycles. The van der Waals surface area contributed by atoms with Crippen molar-refractivity contribution < 1.29 is 38.4 Å². The van der Waals surface area contributed by atoms with Gasteiger partial charge in [0.05, 0.1) is 5.92 Å². The summed E-state index contributed by atoms with van der Waals surface area (Å²) in [6, 6.07) is 0. The van der Waals surface area contributed by atoms with Crippen LogP contribution in [0.4, 0.5) is 0 Å². The quantitative estimate of drug-likeness (QED) is 0.749. The van der Waals surface area contributed by atoms with E-state index in [1.165, 1.54) is 13.8 Å². The van der Waals surface area contributed by atoms with Crippen molar-refractivity contribution in [1.29, 1.82) is 0 Å². The van der Waals surface area contributed by atoms with Crippen molar-refractivity contribution in [2.75, 3.05) is 0 Å². The molecular weight excluding hydrogens is 296 g/mol. The van der Waals surface area contributed by atoms with Crippen LogP contribution in [0, 0.1) is 5.92 Å². The lowest BCUT2D eigenvalue weighted by Gasteiger charge is -2.39. The molecule has 2 fully saturated rings. The van der Waals surface area contributed by atoms with Gasteiger partial charge in [-0.25, -0.2) is 0 Å². The van der Waals surface area contributed by atoms with Crippen LogP contribution >= 0.6 is 0 Å². The fourth-order valence-corrected chi connectivity index (χ4v) is 3.02. The number of hydrogen-bond acceptors (Lipinski definition) is 7. The lowest BCUT2D eigenvalue weighted by Crippen LogP contribution is -2.56. The molecule has 0 aromatic heterocycles. The minimum atomic E-state index is -1.14. The second-order valence-corrected chi connectivity index (χ2v) is 5.97. The normalized spacial score (nSPS) is 36.3. The summed E-state index contributed by atoms with van der Waals surface area (Å²) in [5, 5.41) is 9.40. The van der Waals surface area contributed by atoms with Crippen molar-refractivity contribution in [3.05, 3.63) is 0 Å². The number of hydrogen-bond donors (Lipinski definition) is 1. The zero-order chi connectivity index (χ0) is 16.7. The molecule has 1 aliphatic carbocycles. The number of esters is 2. The average molecular weight is 316 g/mol. The number of carboxylic acids is 1. The highest BCUT2D eigenvalue weighted by Crippen LogP contribution is 2.42. The van der Waals surface area contributed by atoms with Crippen LogP contribution in [0.15, 0.2) is 0 Å². The van der Waals surface area contributed by atoms with E-state index in [2.05, 4.69) is 0 Å². The molecule has 1 aliphatic heterocycles. The molecule has 2 aliphatic rings. The van der Waals surface area contributed by atoms with E-state index in [0.717, 1.165) is 0 Å². The van der Waals surface area contributed by atoms with Crippen LogP contribution < -0.4 is 0 Å². The van der Waals surface area contributed by atoms with Crippen molar-refractivity contribution in [3.8, 4) is 0 Å². The molecule has 22 heavy (non-hydrogen) atoms. The largest absolute Gasteiger partial charge is 0.481 e. The van der Waals surface area contributed by atoms with Gasteiger partial charge in [0.2, 0.25) is 0 Å². The molecule has 0 amide bonds. The van der Waals surface area contributed by atoms with Crippen molar-refractivity contribution in [1.82, 2.24) is 0 Å². The van der Waals surface area contributed by atoms with Gasteiger partial charge in [-0.3, -0.25) is 14.4 Å². The molecule has 124 valence electrons. The number of carboxylic acid groups (broad SMARTS) is 1. The number of rotatable bonds is 3. The number of ether oxygens (including phenoxy) is 4. The minimum Gasteiger partial charge on any atom is -0.481 e. The summed E-state index contributed by atoms with van der Waals surface area (Å²) in [5.74, 6) is -4.30. The molecular formula is C14H20O8. The molecule has 0 spiro atoms. The smallest absolute Gasteiger partial charge is 0.310 e. The first kappa shape index (κ1) is 16.7. The van der Waals surface area contributed by atoms with E-state index >= 15 is 0 Å². The van der Waals surface area contributed by atoms with Gasteiger partial charge in [-0.15, -0.1) is 0 Å². The lowest BCUT2D eigenvalue weighted by atomic mass is 9.80. The van der Waals surface area contributed by atoms with Crippen LogP contribution in [0.3, 0.4) is 0 Å². The molecule has 1 heterocycles. The molecule has 0 bridgehead atoms. The first-order chi connectivity index (χ1) is 10.1. The molecule has 1 saturated heterocycles. The summed E-state index contributed by atoms with van der Waals surface area (Å²) in [7, 11) is 0. The Morgan fingerprint density at radius 1 is 1.05 bits per heavy atom. The van der Waals surface area contributed by atoms with E-state index < -0.39 is 54.0 Å². The Morgan fingerprint density at radius 3 is 2.09 bits per heavy atom. The van der Waals surface area contributed by atoms with Gasteiger partial charge in [0.25, 0.3) is 0 Å². The van der Waals surface area contributed by atoms with Gasteiger partial charge in [-0.2, -0.15) is 0 Å². The molecule has 0 aromatic rings. The van der Waals surface area contributed by atoms with Gasteiger partial charge in [-0.05, 0) is 13.8 Å². The molecule has 1 N–H and O–H groups in total. The summed E-state index contributed by atoms with van der Waals surface area (Å²) < 4.78 is 21.8. The molecule has 1 unspecified atom stereocenters. The van der Waals surface area contributed by atoms with E-state index in [0.29, 0.717) is 0 Å². The van der Waals surface area contributed by atoms with Crippen molar-refractivity contribution in [3.63, 3.8) is 0 Å². The van der Waals surface area contributed by atoms with Crippen LogP contribution in [0.2, 0.25) is 0 Å². The Bertz CT molecular complexity index is 485. The van der Waals surface area contributed by atoms with Crippen LogP contribution in [0.5, 0.6) is 0 Å². The second-order valence-electron chi connectivity index (χ2n) is 5.97. The SMILES string of the molecule is CC(=O)O[C@H]1CC(C(=O)O)[C@@H](OC(C)=O)[C@@H]2OC(C)(C)O[C@@H]21. The topological polar surface area (TPSA) is 108 Å². The standard InChI is InChI=1S/C14H20O8/c1-6(15)19-9-5-8(13(17)18)10(20-7(2)16)12-11(9)21-14(3,4)22-12/h8-12H,5H2,1-4H3,(H,17,18)/t8?,9-,10+,11+,12-/m0/s1. The van der Waals surface area contributed by atoms with Gasteiger partial charge in [0, 0.05) is 20.3 Å². The van der Waals surface area contributed by atoms with Gasteiger partial charge in [0.15, 0.2) is 5.79 Å². The predicted molar refractivity (Wildman–Crippen MR) is 70.7 cm³/mol. The molecule has 0 radical (unpaired) electrons. The summed E-state index contributed by atoms with van der Waals surface area (Å²) in [5.41, 5.74) is 0. The minimum absolute atomic E-state index is 0.00648. The van der Waals surface area contributed by atoms with Gasteiger partial charge in [0.1, 0.15) is 24.4 Å². The summed E-state index contributed by atoms with van der Waals surface area (Å²) in [4.78, 5) is 34.0. The van der Waals surface area contributed by atoms with Crippen LogP contribution in [-0.2, 0) is 33.3 Å². The first-order valence-corrected chi connectivity index (χ1v) is 7.03. The van der Waals surface area contributed by atoms with Gasteiger partial charge in [-0.1, -0.05) is 0 Å². The van der Waals surface area contributed by atoms with Crippen LogP contribution in [0.1, 0.15) is 34.1 Å². The van der Waals surface area contributed by atoms with E-state index in [4.69, 9.17) is 18.9 Å². The Labute approximate surface area is 127 Å². The number of carbonyl (C=O) groups excluding carboxylic acids is 2. The summed E-state index contributed by atoms with van der Waals surface area (Å²) >= 11 is 0. The molecule has 2 rings (SSSR count). The van der Waals surface area contributed by atoms with Crippen molar-refractivity contribution >= 4 is 17.9 Å². The number of carbonyl (C=O) groups is 3. The highest BCUT2D eigenvalue weighted by atomic mass is 16.8. The van der Waals surface area contributed by atoms with E-state index in [-0.39, 0.29) is 6.42 Å². The maximum absolute atomic E-state index is 11.5. The lowest BCUT2D eigenvalue weighted by molar-refractivity contribution is -0.186. The zero-order valence-corrected chi connectivity index (χ0v) is 12.9. The fraction of sp³-hybridized carbons (Fsp3) is 0.786.